The zero-order valence-corrected chi connectivity index (χ0v) is 13.5. The van der Waals surface area contributed by atoms with Crippen molar-refractivity contribution in [2.45, 2.75) is 52.1 Å². The standard InChI is InChI=1S/C17H24N2O3/c1-11-7-8-14(9-15(11)18)17(21)22-10-16(20)19-12(2)5-4-6-13(19)3/h7-9,12-13H,4-6,10,18H2,1-3H3. The maximum Gasteiger partial charge on any atom is 0.338 e. The van der Waals surface area contributed by atoms with E-state index in [4.69, 9.17) is 10.5 Å². The molecule has 22 heavy (non-hydrogen) atoms. The number of hydrogen-bond acceptors (Lipinski definition) is 4. The van der Waals surface area contributed by atoms with Crippen LogP contribution in [0.4, 0.5) is 5.69 Å². The zero-order valence-electron chi connectivity index (χ0n) is 13.5. The van der Waals surface area contributed by atoms with Crippen LogP contribution in [0, 0.1) is 6.92 Å². The number of benzene rings is 1. The van der Waals surface area contributed by atoms with Crippen molar-refractivity contribution < 1.29 is 14.3 Å². The molecule has 0 spiro atoms. The number of nitrogens with two attached hydrogens (primary N) is 1. The number of rotatable bonds is 3. The van der Waals surface area contributed by atoms with Gasteiger partial charge < -0.3 is 15.4 Å². The fraction of sp³-hybridized carbons (Fsp3) is 0.529. The Morgan fingerprint density at radius 2 is 1.91 bits per heavy atom. The highest BCUT2D eigenvalue weighted by atomic mass is 16.5. The van der Waals surface area contributed by atoms with Gasteiger partial charge in [0.2, 0.25) is 0 Å². The summed E-state index contributed by atoms with van der Waals surface area (Å²) in [5.41, 5.74) is 7.60. The quantitative estimate of drug-likeness (QED) is 0.688. The van der Waals surface area contributed by atoms with Gasteiger partial charge in [-0.15, -0.1) is 0 Å². The Morgan fingerprint density at radius 3 is 2.50 bits per heavy atom. The van der Waals surface area contributed by atoms with Gasteiger partial charge in [0.05, 0.1) is 5.56 Å². The molecule has 2 atom stereocenters. The monoisotopic (exact) mass is 304 g/mol. The summed E-state index contributed by atoms with van der Waals surface area (Å²) in [6.45, 7) is 5.72. The number of esters is 1. The van der Waals surface area contributed by atoms with Crippen LogP contribution in [0.1, 0.15) is 49.0 Å². The van der Waals surface area contributed by atoms with Crippen LogP contribution in [-0.4, -0.2) is 35.5 Å². The van der Waals surface area contributed by atoms with Crippen molar-refractivity contribution in [2.75, 3.05) is 12.3 Å². The van der Waals surface area contributed by atoms with Gasteiger partial charge >= 0.3 is 5.97 Å². The largest absolute Gasteiger partial charge is 0.452 e. The summed E-state index contributed by atoms with van der Waals surface area (Å²) in [5, 5.41) is 0. The van der Waals surface area contributed by atoms with E-state index >= 15 is 0 Å². The van der Waals surface area contributed by atoms with Crippen molar-refractivity contribution in [1.82, 2.24) is 4.90 Å². The van der Waals surface area contributed by atoms with Gasteiger partial charge in [0, 0.05) is 17.8 Å². The second-order valence-electron chi connectivity index (χ2n) is 6.08. The Bertz CT molecular complexity index is 561. The number of likely N-dealkylation sites (tertiary alicyclic amines) is 1. The Morgan fingerprint density at radius 1 is 1.27 bits per heavy atom. The van der Waals surface area contributed by atoms with E-state index in [1.807, 2.05) is 25.7 Å². The fourth-order valence-electron chi connectivity index (χ4n) is 2.97. The van der Waals surface area contributed by atoms with Crippen molar-refractivity contribution in [2.24, 2.45) is 0 Å². The highest BCUT2D eigenvalue weighted by Gasteiger charge is 2.29. The summed E-state index contributed by atoms with van der Waals surface area (Å²) in [5.74, 6) is -0.648. The van der Waals surface area contributed by atoms with Gasteiger partial charge in [0.25, 0.3) is 5.91 Å². The molecule has 1 aromatic rings. The maximum atomic E-state index is 12.3. The van der Waals surface area contributed by atoms with Gasteiger partial charge in [0.15, 0.2) is 6.61 Å². The molecule has 1 aliphatic rings. The summed E-state index contributed by atoms with van der Waals surface area (Å²) in [7, 11) is 0. The summed E-state index contributed by atoms with van der Waals surface area (Å²) in [6.07, 6.45) is 3.13. The predicted molar refractivity (Wildman–Crippen MR) is 85.5 cm³/mol. The van der Waals surface area contributed by atoms with Crippen molar-refractivity contribution in [3.63, 3.8) is 0 Å². The first-order valence-electron chi connectivity index (χ1n) is 7.74. The molecule has 2 rings (SSSR count). The molecule has 5 heteroatoms. The number of aryl methyl sites for hydroxylation is 1. The number of hydrogen-bond donors (Lipinski definition) is 1. The van der Waals surface area contributed by atoms with E-state index in [1.165, 1.54) is 0 Å². The van der Waals surface area contributed by atoms with E-state index in [2.05, 4.69) is 0 Å². The fourth-order valence-corrected chi connectivity index (χ4v) is 2.97. The smallest absolute Gasteiger partial charge is 0.338 e. The predicted octanol–water partition coefficient (Wildman–Crippen LogP) is 2.52. The summed E-state index contributed by atoms with van der Waals surface area (Å²) >= 11 is 0. The molecule has 1 aliphatic heterocycles. The number of carbonyl (C=O) groups is 2. The minimum absolute atomic E-state index is 0.131. The second kappa shape index (κ2) is 6.81. The molecule has 1 amide bonds. The molecule has 0 saturated carbocycles. The minimum atomic E-state index is -0.516. The number of piperidine rings is 1. The van der Waals surface area contributed by atoms with Crippen molar-refractivity contribution in [1.29, 1.82) is 0 Å². The Kier molecular flexibility index (Phi) is 5.06. The first-order chi connectivity index (χ1) is 10.4. The molecule has 2 N–H and O–H groups in total. The molecule has 0 aliphatic carbocycles. The lowest BCUT2D eigenvalue weighted by molar-refractivity contribution is -0.140. The van der Waals surface area contributed by atoms with Crippen LogP contribution in [0.5, 0.6) is 0 Å². The van der Waals surface area contributed by atoms with E-state index in [9.17, 15) is 9.59 Å². The average Bonchev–Trinajstić information content (AvgIpc) is 2.47. The van der Waals surface area contributed by atoms with E-state index in [1.54, 1.807) is 18.2 Å². The third kappa shape index (κ3) is 3.59. The first kappa shape index (κ1) is 16.3. The normalized spacial score (nSPS) is 21.5. The zero-order chi connectivity index (χ0) is 16.3. The third-order valence-corrected chi connectivity index (χ3v) is 4.32. The molecule has 1 heterocycles. The lowest BCUT2D eigenvalue weighted by Crippen LogP contribution is -2.49. The number of anilines is 1. The highest BCUT2D eigenvalue weighted by Crippen LogP contribution is 2.22. The van der Waals surface area contributed by atoms with Gasteiger partial charge in [-0.25, -0.2) is 4.79 Å². The molecule has 1 aromatic carbocycles. The Hall–Kier alpha value is -2.04. The van der Waals surface area contributed by atoms with Crippen LogP contribution in [0.2, 0.25) is 0 Å². The minimum Gasteiger partial charge on any atom is -0.452 e. The molecular weight excluding hydrogens is 280 g/mol. The number of ether oxygens (including phenoxy) is 1. The maximum absolute atomic E-state index is 12.3. The first-order valence-corrected chi connectivity index (χ1v) is 7.74. The lowest BCUT2D eigenvalue weighted by Gasteiger charge is -2.38. The van der Waals surface area contributed by atoms with Crippen LogP contribution >= 0.6 is 0 Å². The number of nitrogen functional groups attached to an aromatic ring is 1. The molecule has 120 valence electrons. The van der Waals surface area contributed by atoms with Crippen molar-refractivity contribution in [3.8, 4) is 0 Å². The third-order valence-electron chi connectivity index (χ3n) is 4.32. The van der Waals surface area contributed by atoms with Crippen LogP contribution < -0.4 is 5.73 Å². The molecule has 5 nitrogen and oxygen atoms in total. The van der Waals surface area contributed by atoms with Crippen LogP contribution in [0.25, 0.3) is 0 Å². The summed E-state index contributed by atoms with van der Waals surface area (Å²) < 4.78 is 5.15. The van der Waals surface area contributed by atoms with Crippen LogP contribution in [-0.2, 0) is 9.53 Å². The van der Waals surface area contributed by atoms with Crippen molar-refractivity contribution in [3.05, 3.63) is 29.3 Å². The second-order valence-corrected chi connectivity index (χ2v) is 6.08. The van der Waals surface area contributed by atoms with E-state index in [-0.39, 0.29) is 24.6 Å². The van der Waals surface area contributed by atoms with Crippen LogP contribution in [0.3, 0.4) is 0 Å². The molecule has 0 bridgehead atoms. The molecular formula is C17H24N2O3. The van der Waals surface area contributed by atoms with Gasteiger partial charge in [-0.2, -0.15) is 0 Å². The molecule has 0 radical (unpaired) electrons. The van der Waals surface area contributed by atoms with Gasteiger partial charge in [0.1, 0.15) is 0 Å². The van der Waals surface area contributed by atoms with Gasteiger partial charge in [-0.1, -0.05) is 6.07 Å². The van der Waals surface area contributed by atoms with E-state index in [0.717, 1.165) is 24.8 Å². The lowest BCUT2D eigenvalue weighted by atomic mass is 9.97. The summed E-state index contributed by atoms with van der Waals surface area (Å²) in [6, 6.07) is 5.40. The highest BCUT2D eigenvalue weighted by molar-refractivity contribution is 5.92. The summed E-state index contributed by atoms with van der Waals surface area (Å²) in [4.78, 5) is 26.1. The van der Waals surface area contributed by atoms with Gasteiger partial charge in [-0.3, -0.25) is 4.79 Å². The molecule has 1 saturated heterocycles. The van der Waals surface area contributed by atoms with Crippen molar-refractivity contribution >= 4 is 17.6 Å². The van der Waals surface area contributed by atoms with Crippen LogP contribution in [0.15, 0.2) is 18.2 Å². The Labute approximate surface area is 131 Å². The molecule has 2 unspecified atom stereocenters. The van der Waals surface area contributed by atoms with E-state index < -0.39 is 5.97 Å². The SMILES string of the molecule is Cc1ccc(C(=O)OCC(=O)N2C(C)CCCC2C)cc1N. The molecule has 1 fully saturated rings. The number of amides is 1. The van der Waals surface area contributed by atoms with Gasteiger partial charge in [-0.05, 0) is 57.7 Å². The average molecular weight is 304 g/mol. The number of carbonyl (C=O) groups excluding carboxylic acids is 2. The number of nitrogens with zero attached hydrogens (tertiary/aromatic N) is 1. The van der Waals surface area contributed by atoms with E-state index in [0.29, 0.717) is 11.3 Å². The molecule has 0 aromatic heterocycles. The topological polar surface area (TPSA) is 72.6 Å². The Balaban J connectivity index is 1.95.